The van der Waals surface area contributed by atoms with Crippen LogP contribution in [0.1, 0.15) is 35.4 Å². The number of nitrogens with zero attached hydrogens (tertiary/aromatic N) is 1. The molecule has 0 atom stereocenters. The smallest absolute Gasteiger partial charge is 0.234 e. The van der Waals surface area contributed by atoms with Gasteiger partial charge in [-0.25, -0.2) is 0 Å². The topological polar surface area (TPSA) is 32.3 Å². The summed E-state index contributed by atoms with van der Waals surface area (Å²) in [5, 5.41) is 3.58. The van der Waals surface area contributed by atoms with Crippen molar-refractivity contribution in [2.24, 2.45) is 0 Å². The first-order valence-corrected chi connectivity index (χ1v) is 10.5. The van der Waals surface area contributed by atoms with Crippen molar-refractivity contribution in [2.75, 3.05) is 25.0 Å². The summed E-state index contributed by atoms with van der Waals surface area (Å²) in [7, 11) is 0. The maximum atomic E-state index is 13.7. The van der Waals surface area contributed by atoms with Crippen LogP contribution in [0.25, 0.3) is 0 Å². The Hall–Kier alpha value is -3.07. The monoisotopic (exact) mass is 382 g/mol. The second kappa shape index (κ2) is 7.40. The Morgan fingerprint density at radius 2 is 1.34 bits per heavy atom. The molecule has 146 valence electrons. The number of carbonyl (C=O) groups excluding carboxylic acids is 1. The van der Waals surface area contributed by atoms with Crippen LogP contribution in [0.5, 0.6) is 0 Å². The van der Waals surface area contributed by atoms with Gasteiger partial charge in [0.2, 0.25) is 5.91 Å². The lowest BCUT2D eigenvalue weighted by atomic mass is 9.74. The molecule has 0 aliphatic carbocycles. The van der Waals surface area contributed by atoms with Gasteiger partial charge >= 0.3 is 0 Å². The highest BCUT2D eigenvalue weighted by Gasteiger charge is 2.42. The zero-order valence-corrected chi connectivity index (χ0v) is 16.6. The molecule has 1 amide bonds. The SMILES string of the molecule is O=C(C(c1ccccc1)c1ccccc1)N1CCC2(CC1)CNc1ccccc12. The third-order valence-electron chi connectivity index (χ3n) is 6.66. The molecule has 0 aromatic heterocycles. The summed E-state index contributed by atoms with van der Waals surface area (Å²) in [6.07, 6.45) is 2.03. The summed E-state index contributed by atoms with van der Waals surface area (Å²) >= 11 is 0. The van der Waals surface area contributed by atoms with Crippen LogP contribution in [0.2, 0.25) is 0 Å². The number of hydrogen-bond acceptors (Lipinski definition) is 2. The summed E-state index contributed by atoms with van der Waals surface area (Å²) in [6, 6.07) is 29.0. The van der Waals surface area contributed by atoms with Crippen LogP contribution in [0.3, 0.4) is 0 Å². The van der Waals surface area contributed by atoms with Crippen molar-refractivity contribution in [1.82, 2.24) is 4.90 Å². The van der Waals surface area contributed by atoms with Crippen LogP contribution in [-0.4, -0.2) is 30.4 Å². The van der Waals surface area contributed by atoms with Gasteiger partial charge in [0.05, 0.1) is 5.92 Å². The highest BCUT2D eigenvalue weighted by atomic mass is 16.2. The summed E-state index contributed by atoms with van der Waals surface area (Å²) in [5.74, 6) is -0.0167. The van der Waals surface area contributed by atoms with Gasteiger partial charge in [-0.1, -0.05) is 78.9 Å². The van der Waals surface area contributed by atoms with Crippen LogP contribution < -0.4 is 5.32 Å². The Bertz CT molecular complexity index is 952. The quantitative estimate of drug-likeness (QED) is 0.705. The van der Waals surface area contributed by atoms with E-state index in [4.69, 9.17) is 0 Å². The molecule has 0 bridgehead atoms. The number of rotatable bonds is 3. The van der Waals surface area contributed by atoms with Crippen molar-refractivity contribution < 1.29 is 4.79 Å². The molecule has 0 radical (unpaired) electrons. The molecule has 1 spiro atoms. The molecule has 2 aliphatic rings. The fourth-order valence-electron chi connectivity index (χ4n) is 5.01. The standard InChI is InChI=1S/C26H26N2O/c29-25(24(20-9-3-1-4-10-20)21-11-5-2-6-12-21)28-17-15-26(16-18-28)19-27-23-14-8-7-13-22(23)26/h1-14,24,27H,15-19H2. The van der Waals surface area contributed by atoms with Crippen LogP contribution in [0, 0.1) is 0 Å². The van der Waals surface area contributed by atoms with Crippen molar-refractivity contribution >= 4 is 11.6 Å². The lowest BCUT2D eigenvalue weighted by molar-refractivity contribution is -0.133. The number of fused-ring (bicyclic) bond motifs is 2. The van der Waals surface area contributed by atoms with Gasteiger partial charge in [-0.2, -0.15) is 0 Å². The van der Waals surface area contributed by atoms with Gasteiger partial charge in [0, 0.05) is 30.7 Å². The van der Waals surface area contributed by atoms with Gasteiger partial charge in [0.15, 0.2) is 0 Å². The number of likely N-dealkylation sites (tertiary alicyclic amines) is 1. The number of piperidine rings is 1. The molecule has 3 aromatic rings. The molecule has 0 unspecified atom stereocenters. The maximum Gasteiger partial charge on any atom is 0.234 e. The minimum Gasteiger partial charge on any atom is -0.384 e. The second-order valence-corrected chi connectivity index (χ2v) is 8.26. The Morgan fingerprint density at radius 3 is 1.97 bits per heavy atom. The van der Waals surface area contributed by atoms with E-state index in [-0.39, 0.29) is 17.2 Å². The van der Waals surface area contributed by atoms with Gasteiger partial charge < -0.3 is 10.2 Å². The van der Waals surface area contributed by atoms with Crippen molar-refractivity contribution in [1.29, 1.82) is 0 Å². The van der Waals surface area contributed by atoms with Gasteiger partial charge in [-0.3, -0.25) is 4.79 Å². The molecule has 2 aliphatic heterocycles. The first-order chi connectivity index (χ1) is 14.3. The number of anilines is 1. The van der Waals surface area contributed by atoms with E-state index in [1.54, 1.807) is 0 Å². The number of carbonyl (C=O) groups is 1. The predicted octanol–water partition coefficient (Wildman–Crippen LogP) is 4.80. The summed E-state index contributed by atoms with van der Waals surface area (Å²) in [4.78, 5) is 15.7. The first-order valence-electron chi connectivity index (χ1n) is 10.5. The van der Waals surface area contributed by atoms with Crippen LogP contribution in [0.15, 0.2) is 84.9 Å². The van der Waals surface area contributed by atoms with E-state index >= 15 is 0 Å². The fourth-order valence-corrected chi connectivity index (χ4v) is 5.01. The number of hydrogen-bond donors (Lipinski definition) is 1. The predicted molar refractivity (Wildman–Crippen MR) is 117 cm³/mol. The van der Waals surface area contributed by atoms with Crippen molar-refractivity contribution in [3.63, 3.8) is 0 Å². The molecular weight excluding hydrogens is 356 g/mol. The lowest BCUT2D eigenvalue weighted by Crippen LogP contribution is -2.47. The molecular formula is C26H26N2O. The third-order valence-corrected chi connectivity index (χ3v) is 6.66. The highest BCUT2D eigenvalue weighted by molar-refractivity contribution is 5.87. The third kappa shape index (κ3) is 3.21. The molecule has 3 nitrogen and oxygen atoms in total. The van der Waals surface area contributed by atoms with E-state index in [1.807, 2.05) is 36.4 Å². The summed E-state index contributed by atoms with van der Waals surface area (Å²) < 4.78 is 0. The van der Waals surface area contributed by atoms with Gasteiger partial charge in [-0.05, 0) is 35.6 Å². The Morgan fingerprint density at radius 1 is 0.793 bits per heavy atom. The van der Waals surface area contributed by atoms with Crippen molar-refractivity contribution in [3.8, 4) is 0 Å². The molecule has 3 heteroatoms. The van der Waals surface area contributed by atoms with Gasteiger partial charge in [0.25, 0.3) is 0 Å². The molecule has 1 saturated heterocycles. The van der Waals surface area contributed by atoms with Gasteiger partial charge in [0.1, 0.15) is 0 Å². The lowest BCUT2D eigenvalue weighted by Gasteiger charge is -2.40. The summed E-state index contributed by atoms with van der Waals surface area (Å²) in [5.41, 5.74) is 4.99. The molecule has 1 fully saturated rings. The molecule has 2 heterocycles. The first kappa shape index (κ1) is 18.0. The molecule has 3 aromatic carbocycles. The maximum absolute atomic E-state index is 13.7. The van der Waals surface area contributed by atoms with E-state index in [9.17, 15) is 4.79 Å². The zero-order valence-electron chi connectivity index (χ0n) is 16.6. The summed E-state index contributed by atoms with van der Waals surface area (Å²) in [6.45, 7) is 2.60. The van der Waals surface area contributed by atoms with Crippen LogP contribution in [-0.2, 0) is 10.2 Å². The Labute approximate surface area is 172 Å². The number of nitrogens with one attached hydrogen (secondary N) is 1. The fraction of sp³-hybridized carbons (Fsp3) is 0.269. The van der Waals surface area contributed by atoms with Gasteiger partial charge in [-0.15, -0.1) is 0 Å². The average Bonchev–Trinajstić information content (AvgIpc) is 3.14. The molecule has 1 N–H and O–H groups in total. The molecule has 0 saturated carbocycles. The van der Waals surface area contributed by atoms with Crippen molar-refractivity contribution in [3.05, 3.63) is 102 Å². The van der Waals surface area contributed by atoms with E-state index in [0.717, 1.165) is 43.6 Å². The minimum atomic E-state index is -0.236. The van der Waals surface area contributed by atoms with Crippen LogP contribution >= 0.6 is 0 Å². The van der Waals surface area contributed by atoms with E-state index in [2.05, 4.69) is 58.7 Å². The second-order valence-electron chi connectivity index (χ2n) is 8.26. The zero-order chi connectivity index (χ0) is 19.7. The van der Waals surface area contributed by atoms with E-state index in [0.29, 0.717) is 0 Å². The number of para-hydroxylation sites is 1. The Kier molecular flexibility index (Phi) is 4.59. The molecule has 29 heavy (non-hydrogen) atoms. The minimum absolute atomic E-state index is 0.169. The number of amides is 1. The highest BCUT2D eigenvalue weighted by Crippen LogP contribution is 2.44. The average molecular weight is 383 g/mol. The van der Waals surface area contributed by atoms with E-state index in [1.165, 1.54) is 11.3 Å². The van der Waals surface area contributed by atoms with Crippen LogP contribution in [0.4, 0.5) is 5.69 Å². The van der Waals surface area contributed by atoms with E-state index < -0.39 is 0 Å². The molecule has 5 rings (SSSR count). The largest absolute Gasteiger partial charge is 0.384 e. The normalized spacial score (nSPS) is 17.2. The Balaban J connectivity index is 1.39. The van der Waals surface area contributed by atoms with Crippen molar-refractivity contribution in [2.45, 2.75) is 24.2 Å². The number of benzene rings is 3.